The maximum atomic E-state index is 13.4. The van der Waals surface area contributed by atoms with Gasteiger partial charge in [0.05, 0.1) is 46.8 Å². The quantitative estimate of drug-likeness (QED) is 0.503. The van der Waals surface area contributed by atoms with Crippen LogP contribution in [0.5, 0.6) is 11.5 Å². The van der Waals surface area contributed by atoms with Gasteiger partial charge in [-0.25, -0.2) is 4.79 Å². The van der Waals surface area contributed by atoms with Crippen molar-refractivity contribution in [2.24, 2.45) is 17.8 Å². The molecule has 0 radical (unpaired) electrons. The first-order valence-electron chi connectivity index (χ1n) is 10.2. The van der Waals surface area contributed by atoms with Crippen LogP contribution in [0.3, 0.4) is 0 Å². The van der Waals surface area contributed by atoms with Crippen molar-refractivity contribution in [3.8, 4) is 11.5 Å². The molecule has 1 aliphatic rings. The second-order valence-corrected chi connectivity index (χ2v) is 7.63. The predicted octanol–water partition coefficient (Wildman–Crippen LogP) is 2.88. The number of rotatable bonds is 4. The lowest BCUT2D eigenvalue weighted by molar-refractivity contribution is 0.276. The molecule has 2 N–H and O–H groups in total. The largest absolute Gasteiger partial charge is 0.496 e. The van der Waals surface area contributed by atoms with Crippen LogP contribution in [0.2, 0.25) is 0 Å². The third-order valence-electron chi connectivity index (χ3n) is 5.96. The average Bonchev–Trinajstić information content (AvgIpc) is 2.97. The number of nitrogens with two attached hydrogens (primary N) is 1. The highest BCUT2D eigenvalue weighted by molar-refractivity contribution is 6.17. The molecule has 0 amide bonds. The summed E-state index contributed by atoms with van der Waals surface area (Å²) in [6.45, 7) is 0.258. The molecule has 8 heteroatoms. The Hall–Kier alpha value is -4.07. The maximum absolute atomic E-state index is 13.4. The van der Waals surface area contributed by atoms with E-state index in [4.69, 9.17) is 15.2 Å². The topological polar surface area (TPSA) is 96.7 Å². The summed E-state index contributed by atoms with van der Waals surface area (Å²) in [5.41, 5.74) is 10.3. The molecular formula is C24H23N5O3. The fourth-order valence-electron chi connectivity index (χ4n) is 4.48. The Bertz CT molecular complexity index is 1460. The number of ether oxygens (including phenoxy) is 2. The van der Waals surface area contributed by atoms with E-state index in [1.165, 1.54) is 6.20 Å². The number of nitrogens with zero attached hydrogens (tertiary/aromatic N) is 4. The van der Waals surface area contributed by atoms with E-state index in [1.807, 2.05) is 36.4 Å². The Morgan fingerprint density at radius 3 is 2.81 bits per heavy atom. The summed E-state index contributed by atoms with van der Waals surface area (Å²) < 4.78 is 15.6. The van der Waals surface area contributed by atoms with Gasteiger partial charge in [0.25, 0.3) is 0 Å². The highest BCUT2D eigenvalue weighted by Gasteiger charge is 2.31. The summed E-state index contributed by atoms with van der Waals surface area (Å²) >= 11 is 0. The second-order valence-electron chi connectivity index (χ2n) is 7.63. The van der Waals surface area contributed by atoms with Crippen molar-refractivity contribution in [1.82, 2.24) is 14.1 Å². The Labute approximate surface area is 184 Å². The molecule has 8 nitrogen and oxygen atoms in total. The third kappa shape index (κ3) is 2.72. The van der Waals surface area contributed by atoms with Gasteiger partial charge >= 0.3 is 5.69 Å². The van der Waals surface area contributed by atoms with Crippen molar-refractivity contribution in [1.29, 1.82) is 0 Å². The lowest BCUT2D eigenvalue weighted by Gasteiger charge is -2.19. The third-order valence-corrected chi connectivity index (χ3v) is 5.96. The van der Waals surface area contributed by atoms with Gasteiger partial charge in [0, 0.05) is 38.1 Å². The minimum atomic E-state index is -0.311. The standard InChI is InChI=1S/C24H23N5O3/c1-26-11-15(10-25)20-19(31-3)9-16-21-22-17(12-27-16)28(2)24(30)29(22)18(13-32-23(20)21)14-7-5-4-6-8-14/h4-12,18H,13,25H2,1-3H3. The van der Waals surface area contributed by atoms with E-state index >= 15 is 0 Å². The van der Waals surface area contributed by atoms with Crippen LogP contribution >= 0.6 is 0 Å². The van der Waals surface area contributed by atoms with Crippen molar-refractivity contribution >= 4 is 33.7 Å². The molecular weight excluding hydrogens is 406 g/mol. The van der Waals surface area contributed by atoms with Crippen molar-refractivity contribution in [2.45, 2.75) is 6.04 Å². The molecule has 162 valence electrons. The number of hydrogen-bond acceptors (Lipinski definition) is 6. The lowest BCUT2D eigenvalue weighted by atomic mass is 10.0. The van der Waals surface area contributed by atoms with Gasteiger partial charge in [0.2, 0.25) is 0 Å². The molecule has 0 aliphatic carbocycles. The molecule has 1 atom stereocenters. The Kier molecular flexibility index (Phi) is 4.70. The predicted molar refractivity (Wildman–Crippen MR) is 126 cm³/mol. The Balaban J connectivity index is 1.96. The summed E-state index contributed by atoms with van der Waals surface area (Å²) in [6, 6.07) is 11.4. The van der Waals surface area contributed by atoms with E-state index < -0.39 is 0 Å². The maximum Gasteiger partial charge on any atom is 0.329 e. The minimum absolute atomic E-state index is 0.123. The summed E-state index contributed by atoms with van der Waals surface area (Å²) in [5.74, 6) is 1.14. The molecule has 0 spiro atoms. The number of hydrogen-bond donors (Lipinski definition) is 1. The number of aromatic nitrogens is 3. The van der Waals surface area contributed by atoms with Crippen LogP contribution in [-0.2, 0) is 7.05 Å². The van der Waals surface area contributed by atoms with E-state index in [1.54, 1.807) is 42.8 Å². The van der Waals surface area contributed by atoms with E-state index in [2.05, 4.69) is 9.98 Å². The zero-order valence-corrected chi connectivity index (χ0v) is 18.1. The van der Waals surface area contributed by atoms with Crippen molar-refractivity contribution in [3.05, 3.63) is 70.4 Å². The molecule has 0 saturated carbocycles. The monoisotopic (exact) mass is 429 g/mol. The molecule has 2 aromatic carbocycles. The normalized spacial score (nSPS) is 16.1. The summed E-state index contributed by atoms with van der Waals surface area (Å²) in [7, 11) is 5.03. The highest BCUT2D eigenvalue weighted by atomic mass is 16.5. The first-order chi connectivity index (χ1) is 15.6. The van der Waals surface area contributed by atoms with E-state index in [9.17, 15) is 4.79 Å². The molecule has 1 unspecified atom stereocenters. The van der Waals surface area contributed by atoms with Gasteiger partial charge in [-0.15, -0.1) is 0 Å². The fraction of sp³-hybridized carbons (Fsp3) is 0.208. The van der Waals surface area contributed by atoms with Crippen molar-refractivity contribution < 1.29 is 9.47 Å². The van der Waals surface area contributed by atoms with Crippen LogP contribution in [0.15, 0.2) is 58.6 Å². The number of pyridine rings is 1. The van der Waals surface area contributed by atoms with Gasteiger partial charge in [-0.05, 0) is 5.56 Å². The number of aryl methyl sites for hydroxylation is 1. The smallest absolute Gasteiger partial charge is 0.329 e. The summed E-state index contributed by atoms with van der Waals surface area (Å²) in [6.07, 6.45) is 4.86. The Morgan fingerprint density at radius 1 is 1.34 bits per heavy atom. The van der Waals surface area contributed by atoms with E-state index in [0.717, 1.165) is 22.0 Å². The van der Waals surface area contributed by atoms with Gasteiger partial charge in [0.15, 0.2) is 0 Å². The molecule has 0 bridgehead atoms. The molecule has 32 heavy (non-hydrogen) atoms. The molecule has 0 saturated heterocycles. The second kappa shape index (κ2) is 7.56. The van der Waals surface area contributed by atoms with Crippen LogP contribution in [0.4, 0.5) is 0 Å². The molecule has 5 rings (SSSR count). The van der Waals surface area contributed by atoms with Gasteiger partial charge in [-0.2, -0.15) is 0 Å². The minimum Gasteiger partial charge on any atom is -0.496 e. The number of benzene rings is 2. The highest BCUT2D eigenvalue weighted by Crippen LogP contribution is 2.45. The first-order valence-corrected chi connectivity index (χ1v) is 10.2. The molecule has 1 aliphatic heterocycles. The number of imidazole rings is 1. The molecule has 0 fully saturated rings. The lowest BCUT2D eigenvalue weighted by Crippen LogP contribution is -2.29. The number of allylic oxidation sites excluding steroid dienone is 1. The molecule has 3 heterocycles. The zero-order valence-electron chi connectivity index (χ0n) is 18.1. The molecule has 4 aromatic rings. The van der Waals surface area contributed by atoms with Crippen LogP contribution in [0.1, 0.15) is 17.2 Å². The van der Waals surface area contributed by atoms with Crippen molar-refractivity contribution in [2.75, 3.05) is 20.8 Å². The van der Waals surface area contributed by atoms with Crippen molar-refractivity contribution in [3.63, 3.8) is 0 Å². The Morgan fingerprint density at radius 2 is 2.12 bits per heavy atom. The van der Waals surface area contributed by atoms with Gasteiger partial charge in [-0.1, -0.05) is 30.3 Å². The van der Waals surface area contributed by atoms with Crippen LogP contribution in [0, 0.1) is 0 Å². The summed E-state index contributed by atoms with van der Waals surface area (Å²) in [4.78, 5) is 22.2. The van der Waals surface area contributed by atoms with Crippen LogP contribution in [0.25, 0.3) is 27.5 Å². The van der Waals surface area contributed by atoms with Gasteiger partial charge in [-0.3, -0.25) is 19.1 Å². The SMILES string of the molecule is CN=CC(=CN)c1c(OC)cc2ncc3c4c2c1OCC(c1ccccc1)n4c(=O)n3C. The van der Waals surface area contributed by atoms with Gasteiger partial charge in [0.1, 0.15) is 18.1 Å². The van der Waals surface area contributed by atoms with Crippen LogP contribution in [-0.4, -0.2) is 41.1 Å². The van der Waals surface area contributed by atoms with Gasteiger partial charge < -0.3 is 15.2 Å². The summed E-state index contributed by atoms with van der Waals surface area (Å²) in [5, 5.41) is 0.748. The molecule has 2 aromatic heterocycles. The van der Waals surface area contributed by atoms with E-state index in [-0.39, 0.29) is 18.3 Å². The number of methoxy groups -OCH3 is 1. The van der Waals surface area contributed by atoms with E-state index in [0.29, 0.717) is 28.2 Å². The number of aliphatic imine (C=N–C) groups is 1. The van der Waals surface area contributed by atoms with Crippen LogP contribution < -0.4 is 20.9 Å². The fourth-order valence-corrected chi connectivity index (χ4v) is 4.48. The average molecular weight is 429 g/mol. The first kappa shape index (κ1) is 19.9. The zero-order chi connectivity index (χ0) is 22.4.